The van der Waals surface area contributed by atoms with Gasteiger partial charge in [0.2, 0.25) is 0 Å². The quantitative estimate of drug-likeness (QED) is 0.937. The van der Waals surface area contributed by atoms with Gasteiger partial charge in [0, 0.05) is 25.8 Å². The van der Waals surface area contributed by atoms with E-state index in [9.17, 15) is 18.0 Å². The molecule has 1 aromatic heterocycles. The second-order valence-corrected chi connectivity index (χ2v) is 5.72. The number of alkyl halides is 3. The van der Waals surface area contributed by atoms with Crippen molar-refractivity contribution in [3.63, 3.8) is 0 Å². The van der Waals surface area contributed by atoms with E-state index in [0.717, 1.165) is 17.7 Å². The van der Waals surface area contributed by atoms with Crippen molar-refractivity contribution < 1.29 is 18.0 Å². The normalized spacial score (nSPS) is 15.0. The van der Waals surface area contributed by atoms with Crippen molar-refractivity contribution in [3.05, 3.63) is 59.4 Å². The Hall–Kier alpha value is -2.41. The first kappa shape index (κ1) is 16.4. The molecule has 7 heteroatoms. The van der Waals surface area contributed by atoms with Crippen LogP contribution in [0.2, 0.25) is 0 Å². The number of hydrogen-bond donors (Lipinski definition) is 1. The predicted octanol–water partition coefficient (Wildman–Crippen LogP) is 3.14. The molecule has 1 aliphatic heterocycles. The van der Waals surface area contributed by atoms with E-state index in [-0.39, 0.29) is 5.69 Å². The number of rotatable bonds is 3. The van der Waals surface area contributed by atoms with E-state index in [1.165, 1.54) is 11.8 Å². The molecule has 0 atom stereocenters. The highest BCUT2D eigenvalue weighted by Gasteiger charge is 2.39. The minimum atomic E-state index is -4.91. The summed E-state index contributed by atoms with van der Waals surface area (Å²) in [6.45, 7) is 2.06. The SMILES string of the molecule is O=C(Nc1cncc2c1CCN(Cc1ccccc1)C2)C(F)(F)F. The van der Waals surface area contributed by atoms with Crippen LogP contribution < -0.4 is 5.32 Å². The topological polar surface area (TPSA) is 45.2 Å². The highest BCUT2D eigenvalue weighted by Crippen LogP contribution is 2.27. The smallest absolute Gasteiger partial charge is 0.317 e. The van der Waals surface area contributed by atoms with Crippen LogP contribution in [-0.4, -0.2) is 28.5 Å². The molecular weight excluding hydrogens is 319 g/mol. The molecular formula is C17H16F3N3O. The molecule has 3 rings (SSSR count). The first-order chi connectivity index (χ1) is 11.4. The summed E-state index contributed by atoms with van der Waals surface area (Å²) in [5, 5.41) is 1.93. The molecule has 4 nitrogen and oxygen atoms in total. The van der Waals surface area contributed by atoms with Gasteiger partial charge >= 0.3 is 12.1 Å². The van der Waals surface area contributed by atoms with Gasteiger partial charge in [-0.3, -0.25) is 14.7 Å². The van der Waals surface area contributed by atoms with Crippen molar-refractivity contribution in [1.29, 1.82) is 0 Å². The van der Waals surface area contributed by atoms with Gasteiger partial charge in [-0.15, -0.1) is 0 Å². The number of amides is 1. The Morgan fingerprint density at radius 1 is 1.21 bits per heavy atom. The Morgan fingerprint density at radius 3 is 2.67 bits per heavy atom. The number of aromatic nitrogens is 1. The second kappa shape index (κ2) is 6.60. The molecule has 0 bridgehead atoms. The molecule has 2 heterocycles. The Labute approximate surface area is 137 Å². The van der Waals surface area contributed by atoms with Gasteiger partial charge in [0.25, 0.3) is 0 Å². The van der Waals surface area contributed by atoms with Gasteiger partial charge in [-0.2, -0.15) is 13.2 Å². The number of nitrogens with one attached hydrogen (secondary N) is 1. The van der Waals surface area contributed by atoms with E-state index in [4.69, 9.17) is 0 Å². The lowest BCUT2D eigenvalue weighted by molar-refractivity contribution is -0.167. The summed E-state index contributed by atoms with van der Waals surface area (Å²) in [5.74, 6) is -1.97. The number of carbonyl (C=O) groups excluding carboxylic acids is 1. The molecule has 0 fully saturated rings. The molecule has 0 spiro atoms. The zero-order chi connectivity index (χ0) is 17.2. The molecule has 0 saturated heterocycles. The van der Waals surface area contributed by atoms with Crippen LogP contribution in [0.4, 0.5) is 18.9 Å². The lowest BCUT2D eigenvalue weighted by Crippen LogP contribution is -2.33. The van der Waals surface area contributed by atoms with Crippen molar-refractivity contribution in [2.24, 2.45) is 0 Å². The molecule has 2 aromatic rings. The summed E-state index contributed by atoms with van der Waals surface area (Å²) in [6.07, 6.45) is -1.42. The van der Waals surface area contributed by atoms with Crippen molar-refractivity contribution in [2.75, 3.05) is 11.9 Å². The number of anilines is 1. The first-order valence-electron chi connectivity index (χ1n) is 7.53. The summed E-state index contributed by atoms with van der Waals surface area (Å²) in [5.41, 5.74) is 2.90. The van der Waals surface area contributed by atoms with Crippen LogP contribution in [0, 0.1) is 0 Å². The minimum Gasteiger partial charge on any atom is -0.317 e. The van der Waals surface area contributed by atoms with E-state index in [0.29, 0.717) is 19.5 Å². The fourth-order valence-corrected chi connectivity index (χ4v) is 2.83. The summed E-state index contributed by atoms with van der Waals surface area (Å²) in [4.78, 5) is 17.3. The maximum absolute atomic E-state index is 12.4. The van der Waals surface area contributed by atoms with Crippen molar-refractivity contribution in [3.8, 4) is 0 Å². The number of carbonyl (C=O) groups is 1. The Bertz CT molecular complexity index is 732. The van der Waals surface area contributed by atoms with Gasteiger partial charge < -0.3 is 5.32 Å². The van der Waals surface area contributed by atoms with E-state index in [1.54, 1.807) is 6.20 Å². The fourth-order valence-electron chi connectivity index (χ4n) is 2.83. The van der Waals surface area contributed by atoms with Gasteiger partial charge in [0.05, 0.1) is 11.9 Å². The highest BCUT2D eigenvalue weighted by molar-refractivity contribution is 5.95. The van der Waals surface area contributed by atoms with Crippen LogP contribution in [0.15, 0.2) is 42.7 Å². The lowest BCUT2D eigenvalue weighted by atomic mass is 9.99. The van der Waals surface area contributed by atoms with E-state index in [2.05, 4.69) is 9.88 Å². The molecule has 1 N–H and O–H groups in total. The summed E-state index contributed by atoms with van der Waals surface area (Å²) < 4.78 is 37.3. The zero-order valence-electron chi connectivity index (χ0n) is 12.8. The van der Waals surface area contributed by atoms with Gasteiger partial charge in [-0.05, 0) is 23.1 Å². The molecule has 0 saturated carbocycles. The Kier molecular flexibility index (Phi) is 4.53. The van der Waals surface area contributed by atoms with Gasteiger partial charge in [0.1, 0.15) is 0 Å². The van der Waals surface area contributed by atoms with Gasteiger partial charge in [0.15, 0.2) is 0 Å². The number of fused-ring (bicyclic) bond motifs is 1. The summed E-state index contributed by atoms with van der Waals surface area (Å²) in [6, 6.07) is 9.97. The fraction of sp³-hybridized carbons (Fsp3) is 0.294. The predicted molar refractivity (Wildman–Crippen MR) is 83.2 cm³/mol. The van der Waals surface area contributed by atoms with Crippen LogP contribution in [0.5, 0.6) is 0 Å². The monoisotopic (exact) mass is 335 g/mol. The third-order valence-electron chi connectivity index (χ3n) is 3.97. The van der Waals surface area contributed by atoms with Crippen LogP contribution in [0.25, 0.3) is 0 Å². The van der Waals surface area contributed by atoms with E-state index in [1.807, 2.05) is 35.6 Å². The lowest BCUT2D eigenvalue weighted by Gasteiger charge is -2.29. The average molecular weight is 335 g/mol. The maximum Gasteiger partial charge on any atom is 0.471 e. The Morgan fingerprint density at radius 2 is 1.96 bits per heavy atom. The maximum atomic E-state index is 12.4. The number of nitrogens with zero attached hydrogens (tertiary/aromatic N) is 2. The third kappa shape index (κ3) is 3.73. The second-order valence-electron chi connectivity index (χ2n) is 5.72. The van der Waals surface area contributed by atoms with Crippen molar-refractivity contribution in [1.82, 2.24) is 9.88 Å². The third-order valence-corrected chi connectivity index (χ3v) is 3.97. The summed E-state index contributed by atoms with van der Waals surface area (Å²) in [7, 11) is 0. The summed E-state index contributed by atoms with van der Waals surface area (Å²) >= 11 is 0. The first-order valence-corrected chi connectivity index (χ1v) is 7.53. The molecule has 1 aliphatic rings. The number of pyridine rings is 1. The molecule has 126 valence electrons. The number of hydrogen-bond acceptors (Lipinski definition) is 3. The van der Waals surface area contributed by atoms with Gasteiger partial charge in [-0.1, -0.05) is 30.3 Å². The molecule has 0 unspecified atom stereocenters. The minimum absolute atomic E-state index is 0.147. The van der Waals surface area contributed by atoms with E-state index >= 15 is 0 Å². The van der Waals surface area contributed by atoms with Crippen LogP contribution in [0.3, 0.4) is 0 Å². The molecule has 24 heavy (non-hydrogen) atoms. The van der Waals surface area contributed by atoms with Crippen LogP contribution in [0.1, 0.15) is 16.7 Å². The number of halogens is 3. The highest BCUT2D eigenvalue weighted by atomic mass is 19.4. The average Bonchev–Trinajstić information content (AvgIpc) is 2.55. The van der Waals surface area contributed by atoms with Crippen molar-refractivity contribution in [2.45, 2.75) is 25.7 Å². The van der Waals surface area contributed by atoms with Crippen LogP contribution in [-0.2, 0) is 24.3 Å². The largest absolute Gasteiger partial charge is 0.471 e. The molecule has 1 amide bonds. The standard InChI is InChI=1S/C17H16F3N3O/c18-17(19,20)16(24)22-15-9-21-8-13-11-23(7-6-14(13)15)10-12-4-2-1-3-5-12/h1-5,8-9H,6-7,10-11H2,(H,22,24). The number of benzene rings is 1. The van der Waals surface area contributed by atoms with Crippen molar-refractivity contribution >= 4 is 11.6 Å². The Balaban J connectivity index is 1.74. The molecule has 1 aromatic carbocycles. The van der Waals surface area contributed by atoms with E-state index < -0.39 is 12.1 Å². The molecule has 0 radical (unpaired) electrons. The zero-order valence-corrected chi connectivity index (χ0v) is 12.8. The molecule has 0 aliphatic carbocycles. The van der Waals surface area contributed by atoms with Crippen LogP contribution >= 0.6 is 0 Å². The van der Waals surface area contributed by atoms with Gasteiger partial charge in [-0.25, -0.2) is 0 Å².